The van der Waals surface area contributed by atoms with Crippen molar-refractivity contribution in [2.75, 3.05) is 19.0 Å². The van der Waals surface area contributed by atoms with E-state index in [0.717, 1.165) is 31.4 Å². The summed E-state index contributed by atoms with van der Waals surface area (Å²) in [4.78, 5) is 12.0. The lowest BCUT2D eigenvalue weighted by Crippen LogP contribution is -2.35. The number of anilines is 1. The van der Waals surface area contributed by atoms with Gasteiger partial charge in [0, 0.05) is 12.1 Å². The first-order valence-electron chi connectivity index (χ1n) is 6.96. The van der Waals surface area contributed by atoms with Gasteiger partial charge in [0.1, 0.15) is 4.47 Å². The molecule has 1 fully saturated rings. The Morgan fingerprint density at radius 1 is 1.40 bits per heavy atom. The smallest absolute Gasteiger partial charge is 0.283 e. The summed E-state index contributed by atoms with van der Waals surface area (Å²) in [5.41, 5.74) is 0.519. The van der Waals surface area contributed by atoms with Crippen molar-refractivity contribution < 1.29 is 5.11 Å². The Morgan fingerprint density at radius 2 is 2.05 bits per heavy atom. The van der Waals surface area contributed by atoms with Crippen LogP contribution in [-0.2, 0) is 6.54 Å². The molecule has 2 rings (SSSR count). The maximum atomic E-state index is 12.0. The van der Waals surface area contributed by atoms with Crippen LogP contribution in [0.2, 0.25) is 0 Å². The number of aliphatic hydroxyl groups is 1. The zero-order valence-corrected chi connectivity index (χ0v) is 13.2. The Balaban J connectivity index is 2.03. The number of hydrogen-bond acceptors (Lipinski definition) is 5. The summed E-state index contributed by atoms with van der Waals surface area (Å²) in [5.74, 6) is 0. The van der Waals surface area contributed by atoms with E-state index in [1.54, 1.807) is 6.20 Å². The quantitative estimate of drug-likeness (QED) is 0.740. The molecule has 1 aromatic rings. The van der Waals surface area contributed by atoms with Crippen molar-refractivity contribution in [2.24, 2.45) is 0 Å². The molecule has 7 heteroatoms. The highest BCUT2D eigenvalue weighted by molar-refractivity contribution is 9.10. The van der Waals surface area contributed by atoms with E-state index >= 15 is 0 Å². The van der Waals surface area contributed by atoms with E-state index < -0.39 is 0 Å². The van der Waals surface area contributed by atoms with Crippen LogP contribution in [0.3, 0.4) is 0 Å². The van der Waals surface area contributed by atoms with Crippen LogP contribution in [0.4, 0.5) is 5.69 Å². The number of rotatable bonds is 5. The molecule has 1 aliphatic rings. The maximum absolute atomic E-state index is 12.0. The third-order valence-electron chi connectivity index (χ3n) is 3.79. The van der Waals surface area contributed by atoms with Crippen LogP contribution in [0.5, 0.6) is 0 Å². The highest BCUT2D eigenvalue weighted by Gasteiger charge is 2.21. The van der Waals surface area contributed by atoms with Crippen molar-refractivity contribution in [3.05, 3.63) is 21.0 Å². The second-order valence-electron chi connectivity index (χ2n) is 5.11. The molecule has 1 saturated carbocycles. The molecular weight excluding hydrogens is 324 g/mol. The van der Waals surface area contributed by atoms with Gasteiger partial charge in [-0.1, -0.05) is 0 Å². The molecule has 0 atom stereocenters. The van der Waals surface area contributed by atoms with E-state index in [4.69, 9.17) is 5.11 Å². The normalized spacial score (nSPS) is 22.8. The lowest BCUT2D eigenvalue weighted by atomic mass is 9.91. The van der Waals surface area contributed by atoms with Gasteiger partial charge in [-0.15, -0.1) is 0 Å². The molecule has 0 unspecified atom stereocenters. The van der Waals surface area contributed by atoms with Crippen LogP contribution in [0, 0.1) is 0 Å². The van der Waals surface area contributed by atoms with Gasteiger partial charge in [-0.2, -0.15) is 5.10 Å². The summed E-state index contributed by atoms with van der Waals surface area (Å²) in [6.45, 7) is 0.116. The van der Waals surface area contributed by atoms with E-state index in [9.17, 15) is 4.79 Å². The SMILES string of the molecule is CNC1CCC(Nc2cnn(CCO)c(=O)c2Br)CC1. The van der Waals surface area contributed by atoms with Gasteiger partial charge in [-0.3, -0.25) is 4.79 Å². The Morgan fingerprint density at radius 3 is 2.65 bits per heavy atom. The van der Waals surface area contributed by atoms with Gasteiger partial charge in [0.15, 0.2) is 0 Å². The average molecular weight is 345 g/mol. The molecule has 1 aromatic heterocycles. The molecule has 1 heterocycles. The minimum atomic E-state index is -0.215. The van der Waals surface area contributed by atoms with E-state index in [1.807, 2.05) is 7.05 Å². The Hall–Kier alpha value is -0.920. The molecule has 0 spiro atoms. The molecule has 0 aromatic carbocycles. The number of aromatic nitrogens is 2. The first-order chi connectivity index (χ1) is 9.65. The zero-order chi connectivity index (χ0) is 14.5. The molecule has 6 nitrogen and oxygen atoms in total. The predicted molar refractivity (Wildman–Crippen MR) is 82.0 cm³/mol. The third kappa shape index (κ3) is 3.59. The highest BCUT2D eigenvalue weighted by atomic mass is 79.9. The lowest BCUT2D eigenvalue weighted by Gasteiger charge is -2.29. The van der Waals surface area contributed by atoms with E-state index in [2.05, 4.69) is 31.7 Å². The minimum Gasteiger partial charge on any atom is -0.394 e. The average Bonchev–Trinajstić information content (AvgIpc) is 2.48. The number of aliphatic hydroxyl groups excluding tert-OH is 1. The molecule has 0 aliphatic heterocycles. The van der Waals surface area contributed by atoms with Crippen molar-refractivity contribution in [3.8, 4) is 0 Å². The van der Waals surface area contributed by atoms with Gasteiger partial charge < -0.3 is 15.7 Å². The molecule has 0 radical (unpaired) electrons. The summed E-state index contributed by atoms with van der Waals surface area (Å²) < 4.78 is 1.74. The number of halogens is 1. The summed E-state index contributed by atoms with van der Waals surface area (Å²) in [5, 5.41) is 19.6. The molecule has 3 N–H and O–H groups in total. The van der Waals surface area contributed by atoms with Gasteiger partial charge >= 0.3 is 0 Å². The monoisotopic (exact) mass is 344 g/mol. The van der Waals surface area contributed by atoms with E-state index in [-0.39, 0.29) is 18.7 Å². The molecule has 20 heavy (non-hydrogen) atoms. The number of nitrogens with one attached hydrogen (secondary N) is 2. The summed E-state index contributed by atoms with van der Waals surface area (Å²) in [6, 6.07) is 0.984. The maximum Gasteiger partial charge on any atom is 0.283 e. The summed E-state index contributed by atoms with van der Waals surface area (Å²) in [6.07, 6.45) is 6.09. The Labute approximate surface area is 126 Å². The Kier molecular flexibility index (Phi) is 5.56. The predicted octanol–water partition coefficient (Wildman–Crippen LogP) is 0.941. The molecule has 0 amide bonds. The molecular formula is C13H21BrN4O2. The lowest BCUT2D eigenvalue weighted by molar-refractivity contribution is 0.266. The van der Waals surface area contributed by atoms with Crippen LogP contribution < -0.4 is 16.2 Å². The second kappa shape index (κ2) is 7.19. The van der Waals surface area contributed by atoms with Gasteiger partial charge in [0.05, 0.1) is 25.0 Å². The van der Waals surface area contributed by atoms with Crippen LogP contribution >= 0.6 is 15.9 Å². The Bertz CT molecular complexity index is 498. The van der Waals surface area contributed by atoms with Crippen molar-refractivity contribution in [3.63, 3.8) is 0 Å². The summed E-state index contributed by atoms with van der Waals surface area (Å²) in [7, 11) is 2.00. The minimum absolute atomic E-state index is 0.0971. The van der Waals surface area contributed by atoms with Crippen LogP contribution in [0.15, 0.2) is 15.5 Å². The zero-order valence-electron chi connectivity index (χ0n) is 11.6. The third-order valence-corrected chi connectivity index (χ3v) is 4.56. The van der Waals surface area contributed by atoms with Crippen LogP contribution in [0.25, 0.3) is 0 Å². The van der Waals surface area contributed by atoms with E-state index in [1.165, 1.54) is 4.68 Å². The molecule has 0 bridgehead atoms. The van der Waals surface area contributed by atoms with Crippen molar-refractivity contribution in [1.82, 2.24) is 15.1 Å². The van der Waals surface area contributed by atoms with Crippen molar-refractivity contribution in [2.45, 2.75) is 44.3 Å². The fourth-order valence-corrected chi connectivity index (χ4v) is 2.99. The molecule has 1 aliphatic carbocycles. The van der Waals surface area contributed by atoms with Gasteiger partial charge in [-0.05, 0) is 48.7 Å². The highest BCUT2D eigenvalue weighted by Crippen LogP contribution is 2.24. The topological polar surface area (TPSA) is 79.2 Å². The van der Waals surface area contributed by atoms with Crippen LogP contribution in [-0.4, -0.2) is 40.6 Å². The van der Waals surface area contributed by atoms with Gasteiger partial charge in [-0.25, -0.2) is 4.68 Å². The fraction of sp³-hybridized carbons (Fsp3) is 0.692. The molecule has 0 saturated heterocycles. The van der Waals surface area contributed by atoms with Crippen molar-refractivity contribution >= 4 is 21.6 Å². The first kappa shape index (κ1) is 15.5. The summed E-state index contributed by atoms with van der Waals surface area (Å²) >= 11 is 3.32. The van der Waals surface area contributed by atoms with E-state index in [0.29, 0.717) is 16.6 Å². The molecule has 112 valence electrons. The fourth-order valence-electron chi connectivity index (χ4n) is 2.57. The second-order valence-corrected chi connectivity index (χ2v) is 5.90. The first-order valence-corrected chi connectivity index (χ1v) is 7.75. The largest absolute Gasteiger partial charge is 0.394 e. The number of nitrogens with zero attached hydrogens (tertiary/aromatic N) is 2. The number of hydrogen-bond donors (Lipinski definition) is 3. The van der Waals surface area contributed by atoms with Crippen LogP contribution in [0.1, 0.15) is 25.7 Å². The standard InChI is InChI=1S/C13H21BrN4O2/c1-15-9-2-4-10(5-3-9)17-11-8-16-18(6-7-19)13(20)12(11)14/h8-10,15,17,19H,2-7H2,1H3. The van der Waals surface area contributed by atoms with Gasteiger partial charge in [0.2, 0.25) is 0 Å². The van der Waals surface area contributed by atoms with Gasteiger partial charge in [0.25, 0.3) is 5.56 Å². The van der Waals surface area contributed by atoms with Crippen molar-refractivity contribution in [1.29, 1.82) is 0 Å².